The maximum atomic E-state index is 11.7. The van der Waals surface area contributed by atoms with Gasteiger partial charge in [-0.05, 0) is 52.6 Å². The monoisotopic (exact) mass is 357 g/mol. The van der Waals surface area contributed by atoms with E-state index in [1.165, 1.54) is 45.2 Å². The van der Waals surface area contributed by atoms with Gasteiger partial charge in [-0.3, -0.25) is 9.69 Å². The molecule has 144 valence electrons. The van der Waals surface area contributed by atoms with Gasteiger partial charge in [-0.1, -0.05) is 6.42 Å². The fraction of sp³-hybridized carbons (Fsp3) is 0.824. The van der Waals surface area contributed by atoms with Gasteiger partial charge in [-0.25, -0.2) is 9.59 Å². The first-order chi connectivity index (χ1) is 11.8. The third kappa shape index (κ3) is 8.83. The average Bonchev–Trinajstić information content (AvgIpc) is 2.56. The summed E-state index contributed by atoms with van der Waals surface area (Å²) in [5.74, 6) is -3.48. The lowest BCUT2D eigenvalue weighted by molar-refractivity contribution is -0.159. The summed E-state index contributed by atoms with van der Waals surface area (Å²) in [7, 11) is 0. The predicted molar refractivity (Wildman–Crippen MR) is 93.4 cm³/mol. The number of piperidine rings is 2. The third-order valence-electron chi connectivity index (χ3n) is 4.46. The first-order valence-corrected chi connectivity index (χ1v) is 9.01. The van der Waals surface area contributed by atoms with Crippen molar-refractivity contribution in [3.05, 3.63) is 0 Å². The molecule has 2 fully saturated rings. The Morgan fingerprint density at radius 1 is 0.960 bits per heavy atom. The Labute approximate surface area is 149 Å². The Bertz CT molecular complexity index is 430. The third-order valence-corrected chi connectivity index (χ3v) is 4.46. The molecule has 0 aliphatic carbocycles. The number of hydrogen-bond acceptors (Lipinski definition) is 5. The SMILES string of the molecule is CC(C)NC(=O)CN1CCC(N2CCCCC2)CC1.O=C(O)C(=O)O. The minimum atomic E-state index is -1.82. The largest absolute Gasteiger partial charge is 0.473 e. The minimum Gasteiger partial charge on any atom is -0.473 e. The van der Waals surface area contributed by atoms with Crippen molar-refractivity contribution < 1.29 is 24.6 Å². The summed E-state index contributed by atoms with van der Waals surface area (Å²) >= 11 is 0. The maximum Gasteiger partial charge on any atom is 0.414 e. The molecule has 1 amide bonds. The van der Waals surface area contributed by atoms with Gasteiger partial charge in [0.25, 0.3) is 0 Å². The van der Waals surface area contributed by atoms with Crippen molar-refractivity contribution in [1.29, 1.82) is 0 Å². The lowest BCUT2D eigenvalue weighted by atomic mass is 10.00. The van der Waals surface area contributed by atoms with E-state index in [4.69, 9.17) is 19.8 Å². The number of carbonyl (C=O) groups excluding carboxylic acids is 1. The normalized spacial score (nSPS) is 19.8. The smallest absolute Gasteiger partial charge is 0.414 e. The highest BCUT2D eigenvalue weighted by Crippen LogP contribution is 2.20. The average molecular weight is 357 g/mol. The molecule has 2 aliphatic heterocycles. The highest BCUT2D eigenvalue weighted by Gasteiger charge is 2.26. The molecule has 25 heavy (non-hydrogen) atoms. The summed E-state index contributed by atoms with van der Waals surface area (Å²) in [4.78, 5) is 34.9. The fourth-order valence-electron chi connectivity index (χ4n) is 3.30. The predicted octanol–water partition coefficient (Wildman–Crippen LogP) is 0.617. The second kappa shape index (κ2) is 11.0. The number of amides is 1. The van der Waals surface area contributed by atoms with E-state index in [2.05, 4.69) is 15.1 Å². The summed E-state index contributed by atoms with van der Waals surface area (Å²) in [6.45, 7) is 9.34. The molecule has 0 bridgehead atoms. The molecule has 8 heteroatoms. The molecule has 2 aliphatic rings. The van der Waals surface area contributed by atoms with Crippen molar-refractivity contribution in [2.24, 2.45) is 0 Å². The number of nitrogens with one attached hydrogen (secondary N) is 1. The Balaban J connectivity index is 0.000000450. The van der Waals surface area contributed by atoms with Gasteiger partial charge in [-0.15, -0.1) is 0 Å². The number of aliphatic carboxylic acids is 2. The Morgan fingerprint density at radius 3 is 1.92 bits per heavy atom. The summed E-state index contributed by atoms with van der Waals surface area (Å²) in [6, 6.07) is 1.02. The van der Waals surface area contributed by atoms with Gasteiger partial charge in [-0.2, -0.15) is 0 Å². The van der Waals surface area contributed by atoms with Gasteiger partial charge in [0.05, 0.1) is 6.54 Å². The quantitative estimate of drug-likeness (QED) is 0.633. The Hall–Kier alpha value is -1.67. The van der Waals surface area contributed by atoms with Crippen LogP contribution in [0.15, 0.2) is 0 Å². The van der Waals surface area contributed by atoms with E-state index in [9.17, 15) is 4.79 Å². The topological polar surface area (TPSA) is 110 Å². The van der Waals surface area contributed by atoms with E-state index in [0.29, 0.717) is 6.54 Å². The second-order valence-corrected chi connectivity index (χ2v) is 6.94. The number of carboxylic acids is 2. The van der Waals surface area contributed by atoms with Crippen molar-refractivity contribution in [2.75, 3.05) is 32.7 Å². The van der Waals surface area contributed by atoms with Crippen LogP contribution in [0.3, 0.4) is 0 Å². The number of carboxylic acid groups (broad SMARTS) is 2. The molecule has 2 rings (SSSR count). The van der Waals surface area contributed by atoms with E-state index >= 15 is 0 Å². The maximum absolute atomic E-state index is 11.7. The highest BCUT2D eigenvalue weighted by atomic mass is 16.4. The van der Waals surface area contributed by atoms with Gasteiger partial charge < -0.3 is 20.4 Å². The van der Waals surface area contributed by atoms with Crippen LogP contribution in [-0.2, 0) is 14.4 Å². The van der Waals surface area contributed by atoms with Crippen LogP contribution in [0.25, 0.3) is 0 Å². The van der Waals surface area contributed by atoms with E-state index in [-0.39, 0.29) is 11.9 Å². The molecular formula is C17H31N3O5. The molecule has 3 N–H and O–H groups in total. The van der Waals surface area contributed by atoms with Gasteiger partial charge in [0, 0.05) is 25.2 Å². The lowest BCUT2D eigenvalue weighted by Gasteiger charge is -2.40. The number of carbonyl (C=O) groups is 3. The summed E-state index contributed by atoms with van der Waals surface area (Å²) in [5, 5.41) is 17.8. The van der Waals surface area contributed by atoms with E-state index in [1.807, 2.05) is 13.8 Å². The summed E-state index contributed by atoms with van der Waals surface area (Å²) < 4.78 is 0. The van der Waals surface area contributed by atoms with Crippen molar-refractivity contribution in [3.8, 4) is 0 Å². The van der Waals surface area contributed by atoms with Crippen molar-refractivity contribution in [3.63, 3.8) is 0 Å². The first kappa shape index (κ1) is 21.4. The zero-order valence-corrected chi connectivity index (χ0v) is 15.2. The molecule has 2 saturated heterocycles. The van der Waals surface area contributed by atoms with Crippen LogP contribution in [0.2, 0.25) is 0 Å². The van der Waals surface area contributed by atoms with Crippen molar-refractivity contribution in [1.82, 2.24) is 15.1 Å². The molecule has 0 saturated carbocycles. The van der Waals surface area contributed by atoms with Crippen LogP contribution in [0.1, 0.15) is 46.0 Å². The summed E-state index contributed by atoms with van der Waals surface area (Å²) in [6.07, 6.45) is 6.61. The highest BCUT2D eigenvalue weighted by molar-refractivity contribution is 6.27. The van der Waals surface area contributed by atoms with E-state index in [1.54, 1.807) is 0 Å². The van der Waals surface area contributed by atoms with Crippen LogP contribution >= 0.6 is 0 Å². The van der Waals surface area contributed by atoms with E-state index < -0.39 is 11.9 Å². The Morgan fingerprint density at radius 2 is 1.48 bits per heavy atom. The molecule has 0 aromatic rings. The Kier molecular flexibility index (Phi) is 9.44. The molecule has 0 aromatic carbocycles. The summed E-state index contributed by atoms with van der Waals surface area (Å²) in [5.41, 5.74) is 0. The molecule has 0 aromatic heterocycles. The number of hydrogen-bond donors (Lipinski definition) is 3. The molecule has 2 heterocycles. The number of likely N-dealkylation sites (tertiary alicyclic amines) is 2. The zero-order chi connectivity index (χ0) is 18.8. The van der Waals surface area contributed by atoms with Crippen molar-refractivity contribution in [2.45, 2.75) is 58.0 Å². The van der Waals surface area contributed by atoms with Gasteiger partial charge in [0.15, 0.2) is 0 Å². The number of rotatable bonds is 4. The van der Waals surface area contributed by atoms with Gasteiger partial charge >= 0.3 is 11.9 Å². The first-order valence-electron chi connectivity index (χ1n) is 9.01. The molecule has 0 radical (unpaired) electrons. The minimum absolute atomic E-state index is 0.173. The lowest BCUT2D eigenvalue weighted by Crippen LogP contribution is -2.49. The number of nitrogens with zero attached hydrogens (tertiary/aromatic N) is 2. The molecule has 0 unspecified atom stereocenters. The molecule has 0 spiro atoms. The van der Waals surface area contributed by atoms with Crippen LogP contribution in [0, 0.1) is 0 Å². The molecular weight excluding hydrogens is 326 g/mol. The zero-order valence-electron chi connectivity index (χ0n) is 15.2. The van der Waals surface area contributed by atoms with Crippen LogP contribution in [0.4, 0.5) is 0 Å². The second-order valence-electron chi connectivity index (χ2n) is 6.94. The molecule has 0 atom stereocenters. The van der Waals surface area contributed by atoms with E-state index in [0.717, 1.165) is 19.1 Å². The molecule has 8 nitrogen and oxygen atoms in total. The van der Waals surface area contributed by atoms with Gasteiger partial charge in [0.2, 0.25) is 5.91 Å². The van der Waals surface area contributed by atoms with Gasteiger partial charge in [0.1, 0.15) is 0 Å². The van der Waals surface area contributed by atoms with Crippen LogP contribution in [0.5, 0.6) is 0 Å². The van der Waals surface area contributed by atoms with Crippen LogP contribution in [-0.4, -0.2) is 82.7 Å². The fourth-order valence-corrected chi connectivity index (χ4v) is 3.30. The van der Waals surface area contributed by atoms with Crippen LogP contribution < -0.4 is 5.32 Å². The van der Waals surface area contributed by atoms with Crippen molar-refractivity contribution >= 4 is 17.8 Å². The standard InChI is InChI=1S/C15H29N3O.C2H2O4/c1-13(2)16-15(19)12-17-10-6-14(7-11-17)18-8-4-3-5-9-18;3-1(4)2(5)6/h13-14H,3-12H2,1-2H3,(H,16,19);(H,3,4)(H,5,6).